The Hall–Kier alpha value is 0.140. The van der Waals surface area contributed by atoms with Gasteiger partial charge < -0.3 is 10.4 Å². The molecule has 0 radical (unpaired) electrons. The first-order valence-electron chi connectivity index (χ1n) is 1.43. The molecule has 0 atom stereocenters. The van der Waals surface area contributed by atoms with E-state index in [4.69, 9.17) is 5.21 Å². The molecule has 0 bridgehead atoms. The van der Waals surface area contributed by atoms with Crippen molar-refractivity contribution in [2.24, 2.45) is 5.16 Å². The Morgan fingerprint density at radius 1 is 1.86 bits per heavy atom. The van der Waals surface area contributed by atoms with Crippen LogP contribution in [0.5, 0.6) is 0 Å². The Balaban J connectivity index is 0. The van der Waals surface area contributed by atoms with Gasteiger partial charge in [-0.15, -0.1) is 0 Å². The Kier molecular flexibility index (Phi) is 8.94. The van der Waals surface area contributed by atoms with Crippen LogP contribution in [0.25, 0.3) is 0 Å². The molecule has 0 rings (SSSR count). The van der Waals surface area contributed by atoms with Crippen LogP contribution in [0.1, 0.15) is 6.92 Å². The fraction of sp³-hybridized carbons (Fsp3) is 0.333. The van der Waals surface area contributed by atoms with Crippen LogP contribution in [0.3, 0.4) is 0 Å². The number of nitrogens with zero attached hydrogens (tertiary/aromatic N) is 1. The van der Waals surface area contributed by atoms with Crippen LogP contribution in [0.15, 0.2) is 5.16 Å². The van der Waals surface area contributed by atoms with E-state index in [1.54, 1.807) is 0 Å². The second kappa shape index (κ2) is 6.14. The van der Waals surface area contributed by atoms with E-state index in [0.717, 1.165) is 6.21 Å². The van der Waals surface area contributed by atoms with Gasteiger partial charge in [0.05, 0.1) is 6.21 Å². The molecule has 0 heterocycles. The van der Waals surface area contributed by atoms with E-state index in [1.165, 1.54) is 6.92 Å². The summed E-state index contributed by atoms with van der Waals surface area (Å²) >= 11 is 0. The van der Waals surface area contributed by atoms with Crippen molar-refractivity contribution in [3.05, 3.63) is 5.21 Å². The third kappa shape index (κ3) is 10.7. The number of carbonyl (C=O) groups excluding carboxylic acids is 1. The first-order valence-corrected chi connectivity index (χ1v) is 1.43. The standard InChI is InChI=1S/C3H5NO2.Na/c1-3(5)2-4-6;/h2,6H,1H3;/q;+1/p-1/b4-2-;. The Bertz CT molecular complexity index is 81.0. The zero-order chi connectivity index (χ0) is 4.99. The fourth-order valence-electron chi connectivity index (χ4n) is 0.0742. The fourth-order valence-corrected chi connectivity index (χ4v) is 0.0742. The van der Waals surface area contributed by atoms with Gasteiger partial charge in [-0.2, -0.15) is 0 Å². The van der Waals surface area contributed by atoms with E-state index in [2.05, 4.69) is 5.16 Å². The molecule has 0 spiro atoms. The monoisotopic (exact) mass is 109 g/mol. The summed E-state index contributed by atoms with van der Waals surface area (Å²) in [6.07, 6.45) is 0.722. The van der Waals surface area contributed by atoms with Crippen molar-refractivity contribution < 1.29 is 34.4 Å². The molecule has 0 aliphatic heterocycles. The van der Waals surface area contributed by atoms with E-state index in [-0.39, 0.29) is 35.3 Å². The van der Waals surface area contributed by atoms with E-state index >= 15 is 0 Å². The Labute approximate surface area is 63.7 Å². The minimum Gasteiger partial charge on any atom is -0.792 e. The van der Waals surface area contributed by atoms with Crippen LogP contribution in [-0.2, 0) is 4.79 Å². The zero-order valence-corrected chi connectivity index (χ0v) is 6.34. The molecule has 7 heavy (non-hydrogen) atoms. The summed E-state index contributed by atoms with van der Waals surface area (Å²) in [6, 6.07) is 0. The average molecular weight is 109 g/mol. The molecule has 0 saturated heterocycles. The molecular weight excluding hydrogens is 105 g/mol. The maximum Gasteiger partial charge on any atom is 1.00 e. The van der Waals surface area contributed by atoms with Crippen LogP contribution in [-0.4, -0.2) is 12.0 Å². The van der Waals surface area contributed by atoms with Crippen molar-refractivity contribution in [2.45, 2.75) is 6.92 Å². The molecule has 0 amide bonds. The van der Waals surface area contributed by atoms with Gasteiger partial charge in [-0.25, -0.2) is 0 Å². The predicted octanol–water partition coefficient (Wildman–Crippen LogP) is -2.85. The van der Waals surface area contributed by atoms with Crippen LogP contribution in [0.4, 0.5) is 0 Å². The largest absolute Gasteiger partial charge is 1.00 e. The number of rotatable bonds is 1. The van der Waals surface area contributed by atoms with Gasteiger partial charge in [0.15, 0.2) is 5.78 Å². The van der Waals surface area contributed by atoms with Gasteiger partial charge in [0, 0.05) is 6.92 Å². The molecular formula is C3H4NNaO2. The van der Waals surface area contributed by atoms with Crippen LogP contribution in [0, 0.1) is 5.21 Å². The van der Waals surface area contributed by atoms with Crippen molar-refractivity contribution in [1.82, 2.24) is 0 Å². The predicted molar refractivity (Wildman–Crippen MR) is 22.5 cm³/mol. The normalized spacial score (nSPS) is 8.14. The molecule has 0 aromatic carbocycles. The van der Waals surface area contributed by atoms with Crippen LogP contribution in [0.2, 0.25) is 0 Å². The van der Waals surface area contributed by atoms with Crippen LogP contribution >= 0.6 is 0 Å². The van der Waals surface area contributed by atoms with Gasteiger partial charge in [0.25, 0.3) is 0 Å². The second-order valence-electron chi connectivity index (χ2n) is 0.845. The van der Waals surface area contributed by atoms with Gasteiger partial charge in [-0.1, -0.05) is 0 Å². The van der Waals surface area contributed by atoms with E-state index in [9.17, 15) is 4.79 Å². The Morgan fingerprint density at radius 3 is 2.29 bits per heavy atom. The quantitative estimate of drug-likeness (QED) is 0.207. The third-order valence-electron chi connectivity index (χ3n) is 0.235. The average Bonchev–Trinajstić information content (AvgIpc) is 1.35. The minimum atomic E-state index is -0.315. The zero-order valence-electron chi connectivity index (χ0n) is 4.34. The topological polar surface area (TPSA) is 52.5 Å². The van der Waals surface area contributed by atoms with Gasteiger partial charge >= 0.3 is 29.6 Å². The van der Waals surface area contributed by atoms with Crippen molar-refractivity contribution >= 4 is 12.0 Å². The summed E-state index contributed by atoms with van der Waals surface area (Å²) < 4.78 is 0. The number of hydrogen-bond acceptors (Lipinski definition) is 3. The van der Waals surface area contributed by atoms with E-state index < -0.39 is 0 Å². The summed E-state index contributed by atoms with van der Waals surface area (Å²) in [5.41, 5.74) is 0. The number of ketones is 1. The third-order valence-corrected chi connectivity index (χ3v) is 0.235. The van der Waals surface area contributed by atoms with Crippen molar-refractivity contribution in [2.75, 3.05) is 0 Å². The molecule has 0 unspecified atom stereocenters. The van der Waals surface area contributed by atoms with Crippen molar-refractivity contribution in [3.63, 3.8) is 0 Å². The minimum absolute atomic E-state index is 0. The molecule has 0 N–H and O–H groups in total. The molecule has 4 heteroatoms. The summed E-state index contributed by atoms with van der Waals surface area (Å²) in [4.78, 5) is 9.69. The summed E-state index contributed by atoms with van der Waals surface area (Å²) in [7, 11) is 0. The molecule has 0 aliphatic carbocycles. The smallest absolute Gasteiger partial charge is 0.792 e. The van der Waals surface area contributed by atoms with Gasteiger partial charge in [-0.3, -0.25) is 4.79 Å². The number of carbonyl (C=O) groups is 1. The van der Waals surface area contributed by atoms with E-state index in [0.29, 0.717) is 0 Å². The maximum absolute atomic E-state index is 9.69. The summed E-state index contributed by atoms with van der Waals surface area (Å²) in [6.45, 7) is 1.27. The maximum atomic E-state index is 9.69. The SMILES string of the molecule is CC(=O)/C=N\[O-].[Na+]. The molecule has 34 valence electrons. The molecule has 0 fully saturated rings. The first kappa shape index (κ1) is 10.2. The molecule has 0 aliphatic rings. The number of Topliss-reactive ketones (excluding diaryl/α,β-unsaturated/α-hetero) is 1. The molecule has 0 saturated carbocycles. The van der Waals surface area contributed by atoms with Crippen molar-refractivity contribution in [3.8, 4) is 0 Å². The van der Waals surface area contributed by atoms with E-state index in [1.807, 2.05) is 0 Å². The summed E-state index contributed by atoms with van der Waals surface area (Å²) in [5, 5.41) is 11.3. The Morgan fingerprint density at radius 2 is 2.29 bits per heavy atom. The summed E-state index contributed by atoms with van der Waals surface area (Å²) in [5.74, 6) is -0.315. The molecule has 0 aromatic rings. The van der Waals surface area contributed by atoms with Crippen molar-refractivity contribution in [1.29, 1.82) is 0 Å². The molecule has 3 nitrogen and oxygen atoms in total. The molecule has 0 aromatic heterocycles. The van der Waals surface area contributed by atoms with Gasteiger partial charge in [0.2, 0.25) is 0 Å². The van der Waals surface area contributed by atoms with Gasteiger partial charge in [0.1, 0.15) is 0 Å². The van der Waals surface area contributed by atoms with Gasteiger partial charge in [-0.05, 0) is 0 Å². The van der Waals surface area contributed by atoms with Crippen LogP contribution < -0.4 is 29.6 Å². The first-order chi connectivity index (χ1) is 2.77. The number of hydrogen-bond donors (Lipinski definition) is 0. The second-order valence-corrected chi connectivity index (χ2v) is 0.845.